The molecular weight excluding hydrogens is 500 g/mol. The molecule has 4 unspecified atom stereocenters. The van der Waals surface area contributed by atoms with E-state index in [0.717, 1.165) is 0 Å². The predicted molar refractivity (Wildman–Crippen MR) is 148 cm³/mol. The molecule has 1 saturated heterocycles. The maximum Gasteiger partial charge on any atom is 0.408 e. The van der Waals surface area contributed by atoms with Crippen molar-refractivity contribution < 1.29 is 28.7 Å². The molecule has 1 aliphatic carbocycles. The number of nitrogens with one attached hydrogen (secondary N) is 3. The van der Waals surface area contributed by atoms with Crippen LogP contribution in [0.2, 0.25) is 0 Å². The Balaban J connectivity index is 2.33. The molecular formula is C29H46N4O6. The number of amides is 4. The molecule has 1 saturated carbocycles. The second-order valence-electron chi connectivity index (χ2n) is 13.1. The van der Waals surface area contributed by atoms with Crippen molar-refractivity contribution in [3.63, 3.8) is 0 Å². The number of nitrogens with zero attached hydrogens (tertiary/aromatic N) is 1. The van der Waals surface area contributed by atoms with Gasteiger partial charge in [0.2, 0.25) is 17.6 Å². The van der Waals surface area contributed by atoms with Crippen molar-refractivity contribution in [2.45, 2.75) is 92.5 Å². The highest BCUT2D eigenvalue weighted by Crippen LogP contribution is 2.65. The summed E-state index contributed by atoms with van der Waals surface area (Å²) in [5, 5.41) is 7.92. The van der Waals surface area contributed by atoms with Crippen molar-refractivity contribution in [3.8, 4) is 0 Å². The Kier molecular flexibility index (Phi) is 9.79. The molecule has 2 aliphatic rings. The Labute approximate surface area is 232 Å². The predicted octanol–water partition coefficient (Wildman–Crippen LogP) is 2.73. The summed E-state index contributed by atoms with van der Waals surface area (Å²) in [7, 11) is 0. The molecule has 0 spiro atoms. The SMILES string of the molecule is C=CCNC(=O)C(=O)C(CC=CC)NC(=O)C1C2C(CN1C(=O)[C@@H](NC(=O)OC(C)(C)C)C(C)(C)C)C2(C)C. The lowest BCUT2D eigenvalue weighted by Crippen LogP contribution is -2.60. The number of fused-ring (bicyclic) bond motifs is 1. The van der Waals surface area contributed by atoms with Gasteiger partial charge >= 0.3 is 6.09 Å². The van der Waals surface area contributed by atoms with Gasteiger partial charge in [-0.1, -0.05) is 52.8 Å². The fourth-order valence-electron chi connectivity index (χ4n) is 5.22. The third kappa shape index (κ3) is 7.70. The van der Waals surface area contributed by atoms with Gasteiger partial charge in [0.25, 0.3) is 5.91 Å². The number of rotatable bonds is 10. The zero-order valence-electron chi connectivity index (χ0n) is 24.8. The van der Waals surface area contributed by atoms with Gasteiger partial charge in [0.1, 0.15) is 23.7 Å². The van der Waals surface area contributed by atoms with Gasteiger partial charge in [-0.3, -0.25) is 19.2 Å². The molecule has 10 heteroatoms. The molecule has 1 aliphatic heterocycles. The van der Waals surface area contributed by atoms with Crippen LogP contribution in [0.4, 0.5) is 4.79 Å². The van der Waals surface area contributed by atoms with Crippen LogP contribution in [0, 0.1) is 22.7 Å². The van der Waals surface area contributed by atoms with Gasteiger partial charge in [0.15, 0.2) is 0 Å². The maximum absolute atomic E-state index is 13.9. The van der Waals surface area contributed by atoms with Crippen molar-refractivity contribution in [2.24, 2.45) is 22.7 Å². The number of allylic oxidation sites excluding steroid dienone is 1. The van der Waals surface area contributed by atoms with Crippen LogP contribution in [0.1, 0.15) is 68.7 Å². The topological polar surface area (TPSA) is 134 Å². The standard InChI is InChI=1S/C29H46N4O6/c1-11-13-14-18(21(34)24(36)30-15-12-2)31-23(35)20-19-17(29(19,9)10)16-33(20)25(37)22(27(3,4)5)32-26(38)39-28(6,7)8/h11-13,17-20,22H,2,14-16H2,1,3-10H3,(H,30,36)(H,31,35)(H,32,38)/t17?,18?,19?,20?,22-/m1/s1. The molecule has 0 aromatic rings. The Morgan fingerprint density at radius 1 is 1.08 bits per heavy atom. The molecule has 1 heterocycles. The molecule has 0 aromatic heterocycles. The fourth-order valence-corrected chi connectivity index (χ4v) is 5.22. The lowest BCUT2D eigenvalue weighted by molar-refractivity contribution is -0.145. The van der Waals surface area contributed by atoms with Gasteiger partial charge in [-0.05, 0) is 56.8 Å². The van der Waals surface area contributed by atoms with E-state index in [9.17, 15) is 24.0 Å². The average Bonchev–Trinajstić information content (AvgIpc) is 3.14. The van der Waals surface area contributed by atoms with Gasteiger partial charge < -0.3 is 25.6 Å². The quantitative estimate of drug-likeness (QED) is 0.285. The zero-order valence-corrected chi connectivity index (χ0v) is 24.8. The van der Waals surface area contributed by atoms with Crippen molar-refractivity contribution in [1.29, 1.82) is 0 Å². The summed E-state index contributed by atoms with van der Waals surface area (Å²) in [6.07, 6.45) is 4.30. The highest BCUT2D eigenvalue weighted by atomic mass is 16.6. The number of carbonyl (C=O) groups is 5. The Hall–Kier alpha value is -3.17. The lowest BCUT2D eigenvalue weighted by Gasteiger charge is -2.38. The minimum Gasteiger partial charge on any atom is -0.444 e. The van der Waals surface area contributed by atoms with E-state index < -0.39 is 58.7 Å². The second-order valence-corrected chi connectivity index (χ2v) is 13.1. The second kappa shape index (κ2) is 11.9. The summed E-state index contributed by atoms with van der Waals surface area (Å²) in [6, 6.07) is -2.89. The van der Waals surface area contributed by atoms with E-state index in [4.69, 9.17) is 4.74 Å². The van der Waals surface area contributed by atoms with Crippen LogP contribution < -0.4 is 16.0 Å². The van der Waals surface area contributed by atoms with E-state index in [1.807, 2.05) is 20.8 Å². The largest absolute Gasteiger partial charge is 0.444 e. The van der Waals surface area contributed by atoms with Crippen LogP contribution in [0.3, 0.4) is 0 Å². The van der Waals surface area contributed by atoms with Crippen LogP contribution in [0.15, 0.2) is 24.8 Å². The van der Waals surface area contributed by atoms with E-state index in [0.29, 0.717) is 6.54 Å². The highest BCUT2D eigenvalue weighted by Gasteiger charge is 2.69. The van der Waals surface area contributed by atoms with E-state index in [-0.39, 0.29) is 30.2 Å². The molecule has 2 rings (SSSR count). The van der Waals surface area contributed by atoms with E-state index in [2.05, 4.69) is 36.4 Å². The molecule has 2 fully saturated rings. The number of ether oxygens (including phenoxy) is 1. The fraction of sp³-hybridized carbons (Fsp3) is 0.690. The van der Waals surface area contributed by atoms with Crippen molar-refractivity contribution in [1.82, 2.24) is 20.9 Å². The molecule has 10 nitrogen and oxygen atoms in total. The number of hydrogen-bond acceptors (Lipinski definition) is 6. The van der Waals surface area contributed by atoms with Gasteiger partial charge in [-0.2, -0.15) is 0 Å². The van der Waals surface area contributed by atoms with Gasteiger partial charge in [-0.25, -0.2) is 4.79 Å². The summed E-state index contributed by atoms with van der Waals surface area (Å²) in [4.78, 5) is 67.0. The van der Waals surface area contributed by atoms with Crippen molar-refractivity contribution in [2.75, 3.05) is 13.1 Å². The summed E-state index contributed by atoms with van der Waals surface area (Å²) >= 11 is 0. The molecule has 0 bridgehead atoms. The first-order chi connectivity index (χ1) is 17.9. The normalized spacial score (nSPS) is 23.3. The minimum absolute atomic E-state index is 0.0972. The molecule has 0 aromatic carbocycles. The number of ketones is 1. The van der Waals surface area contributed by atoms with Gasteiger partial charge in [0.05, 0.1) is 0 Å². The number of likely N-dealkylation sites (tertiary alicyclic amines) is 1. The third-order valence-corrected chi connectivity index (χ3v) is 7.41. The Bertz CT molecular complexity index is 1020. The van der Waals surface area contributed by atoms with Crippen LogP contribution in [0.5, 0.6) is 0 Å². The average molecular weight is 547 g/mol. The van der Waals surface area contributed by atoms with Gasteiger partial charge in [0, 0.05) is 13.1 Å². The highest BCUT2D eigenvalue weighted by molar-refractivity contribution is 6.38. The van der Waals surface area contributed by atoms with E-state index in [1.54, 1.807) is 39.8 Å². The summed E-state index contributed by atoms with van der Waals surface area (Å²) in [6.45, 7) is 20.6. The summed E-state index contributed by atoms with van der Waals surface area (Å²) < 4.78 is 5.39. The van der Waals surface area contributed by atoms with Crippen LogP contribution in [0.25, 0.3) is 0 Å². The molecule has 218 valence electrons. The maximum atomic E-state index is 13.9. The van der Waals surface area contributed by atoms with Crippen LogP contribution in [-0.2, 0) is 23.9 Å². The Morgan fingerprint density at radius 3 is 2.21 bits per heavy atom. The lowest BCUT2D eigenvalue weighted by atomic mass is 9.85. The van der Waals surface area contributed by atoms with E-state index >= 15 is 0 Å². The monoisotopic (exact) mass is 546 g/mol. The van der Waals surface area contributed by atoms with Gasteiger partial charge in [-0.15, -0.1) is 6.58 Å². The molecule has 39 heavy (non-hydrogen) atoms. The van der Waals surface area contributed by atoms with Crippen LogP contribution in [-0.4, -0.2) is 71.3 Å². The molecule has 0 radical (unpaired) electrons. The first kappa shape index (κ1) is 32.0. The number of Topliss-reactive ketones (excluding diaryl/α,β-unsaturated/α-hetero) is 1. The first-order valence-corrected chi connectivity index (χ1v) is 13.5. The first-order valence-electron chi connectivity index (χ1n) is 13.5. The van der Waals surface area contributed by atoms with Crippen LogP contribution >= 0.6 is 0 Å². The smallest absolute Gasteiger partial charge is 0.408 e. The Morgan fingerprint density at radius 2 is 1.69 bits per heavy atom. The molecule has 5 atom stereocenters. The summed E-state index contributed by atoms with van der Waals surface area (Å²) in [5.41, 5.74) is -1.59. The summed E-state index contributed by atoms with van der Waals surface area (Å²) in [5.74, 6) is -2.49. The van der Waals surface area contributed by atoms with Crippen molar-refractivity contribution in [3.05, 3.63) is 24.8 Å². The minimum atomic E-state index is -1.09. The number of alkyl carbamates (subject to hydrolysis) is 1. The van der Waals surface area contributed by atoms with E-state index in [1.165, 1.54) is 11.0 Å². The third-order valence-electron chi connectivity index (χ3n) is 7.41. The molecule has 3 N–H and O–H groups in total. The number of hydrogen-bond donors (Lipinski definition) is 3. The number of piperidine rings is 1. The molecule has 4 amide bonds. The zero-order chi connectivity index (χ0) is 29.9. The number of carbonyl (C=O) groups excluding carboxylic acids is 5. The van der Waals surface area contributed by atoms with Crippen molar-refractivity contribution >= 4 is 29.6 Å².